The third-order valence-corrected chi connectivity index (χ3v) is 5.47. The number of hydrogen-bond donors (Lipinski definition) is 2. The molecular formula is C15H26O2. The van der Waals surface area contributed by atoms with Crippen LogP contribution in [0.4, 0.5) is 0 Å². The van der Waals surface area contributed by atoms with Gasteiger partial charge in [-0.2, -0.15) is 0 Å². The number of aliphatic hydroxyl groups is 2. The zero-order valence-electron chi connectivity index (χ0n) is 11.4. The van der Waals surface area contributed by atoms with E-state index in [2.05, 4.69) is 27.4 Å². The fraction of sp³-hybridized carbons (Fsp3) is 0.867. The van der Waals surface area contributed by atoms with E-state index in [1.807, 2.05) is 0 Å². The van der Waals surface area contributed by atoms with Gasteiger partial charge in [-0.3, -0.25) is 0 Å². The molecular weight excluding hydrogens is 212 g/mol. The van der Waals surface area contributed by atoms with Crippen LogP contribution in [0.1, 0.15) is 52.9 Å². The van der Waals surface area contributed by atoms with E-state index in [1.54, 1.807) is 0 Å². The average Bonchev–Trinajstić information content (AvgIpc) is 2.27. The Bertz CT molecular complexity index is 323. The van der Waals surface area contributed by atoms with Crippen molar-refractivity contribution in [3.05, 3.63) is 12.2 Å². The quantitative estimate of drug-likeness (QED) is 0.690. The van der Waals surface area contributed by atoms with Crippen molar-refractivity contribution in [3.63, 3.8) is 0 Å². The molecule has 0 amide bonds. The second-order valence-corrected chi connectivity index (χ2v) is 6.80. The molecule has 17 heavy (non-hydrogen) atoms. The van der Waals surface area contributed by atoms with Crippen molar-refractivity contribution in [2.75, 3.05) is 0 Å². The molecule has 2 aliphatic rings. The molecule has 0 aromatic carbocycles. The molecule has 98 valence electrons. The third-order valence-electron chi connectivity index (χ3n) is 5.47. The van der Waals surface area contributed by atoms with Gasteiger partial charge in [0.2, 0.25) is 0 Å². The average molecular weight is 238 g/mol. The maximum atomic E-state index is 10.7. The Labute approximate surface area is 105 Å². The van der Waals surface area contributed by atoms with Crippen molar-refractivity contribution in [1.29, 1.82) is 0 Å². The fourth-order valence-electron chi connectivity index (χ4n) is 3.66. The van der Waals surface area contributed by atoms with Crippen LogP contribution in [0.25, 0.3) is 0 Å². The molecule has 2 rings (SSSR count). The predicted octanol–water partition coefficient (Wildman–Crippen LogP) is 2.89. The summed E-state index contributed by atoms with van der Waals surface area (Å²) in [6, 6.07) is 0. The monoisotopic (exact) mass is 238 g/mol. The third kappa shape index (κ3) is 2.06. The topological polar surface area (TPSA) is 40.5 Å². The zero-order valence-corrected chi connectivity index (χ0v) is 11.4. The summed E-state index contributed by atoms with van der Waals surface area (Å²) < 4.78 is 0. The standard InChI is InChI=1S/C15H26O2/c1-10(2)15(17)8-7-14(4)6-5-13(16)11(3)12(14)9-15/h10,12-13,16-17H,3,5-9H2,1-2,4H3/t12-,13+,14+,15-/m1/s1. The highest BCUT2D eigenvalue weighted by atomic mass is 16.3. The Hall–Kier alpha value is -0.340. The van der Waals surface area contributed by atoms with Gasteiger partial charge in [0.1, 0.15) is 0 Å². The van der Waals surface area contributed by atoms with Crippen molar-refractivity contribution in [3.8, 4) is 0 Å². The molecule has 0 unspecified atom stereocenters. The van der Waals surface area contributed by atoms with Crippen LogP contribution in [0, 0.1) is 17.3 Å². The SMILES string of the molecule is C=C1[C@H]2C[C@@](O)(C(C)C)CC[C@]2(C)CC[C@@H]1O. The first-order chi connectivity index (χ1) is 7.78. The van der Waals surface area contributed by atoms with E-state index < -0.39 is 5.60 Å². The van der Waals surface area contributed by atoms with Crippen LogP contribution in [0.3, 0.4) is 0 Å². The van der Waals surface area contributed by atoms with Crippen molar-refractivity contribution in [2.45, 2.75) is 64.6 Å². The van der Waals surface area contributed by atoms with Gasteiger partial charge in [0.15, 0.2) is 0 Å². The molecule has 0 aromatic heterocycles. The summed E-state index contributed by atoms with van der Waals surface area (Å²) in [5, 5.41) is 20.6. The molecule has 4 atom stereocenters. The van der Waals surface area contributed by atoms with E-state index in [1.165, 1.54) is 0 Å². The lowest BCUT2D eigenvalue weighted by Crippen LogP contribution is -2.50. The fourth-order valence-corrected chi connectivity index (χ4v) is 3.66. The normalized spacial score (nSPS) is 47.1. The van der Waals surface area contributed by atoms with Gasteiger partial charge in [0.05, 0.1) is 11.7 Å². The molecule has 2 nitrogen and oxygen atoms in total. The van der Waals surface area contributed by atoms with Crippen molar-refractivity contribution in [1.82, 2.24) is 0 Å². The van der Waals surface area contributed by atoms with Crippen molar-refractivity contribution >= 4 is 0 Å². The van der Waals surface area contributed by atoms with E-state index in [-0.39, 0.29) is 23.4 Å². The Kier molecular flexibility index (Phi) is 3.16. The van der Waals surface area contributed by atoms with Crippen LogP contribution in [-0.2, 0) is 0 Å². The first kappa shape index (κ1) is 13.1. The van der Waals surface area contributed by atoms with Crippen LogP contribution < -0.4 is 0 Å². The molecule has 2 saturated carbocycles. The lowest BCUT2D eigenvalue weighted by Gasteiger charge is -2.53. The van der Waals surface area contributed by atoms with Gasteiger partial charge in [-0.25, -0.2) is 0 Å². The van der Waals surface area contributed by atoms with Crippen LogP contribution in [0.5, 0.6) is 0 Å². The summed E-state index contributed by atoms with van der Waals surface area (Å²) >= 11 is 0. The Balaban J connectivity index is 2.24. The van der Waals surface area contributed by atoms with Crippen molar-refractivity contribution < 1.29 is 10.2 Å². The zero-order chi connectivity index (χ0) is 12.8. The molecule has 0 saturated heterocycles. The Morgan fingerprint density at radius 3 is 2.53 bits per heavy atom. The summed E-state index contributed by atoms with van der Waals surface area (Å²) in [4.78, 5) is 0. The highest BCUT2D eigenvalue weighted by molar-refractivity contribution is 5.18. The molecule has 2 fully saturated rings. The second-order valence-electron chi connectivity index (χ2n) is 6.80. The summed E-state index contributed by atoms with van der Waals surface area (Å²) in [5.41, 5.74) is 0.638. The highest BCUT2D eigenvalue weighted by Gasteiger charge is 2.50. The van der Waals surface area contributed by atoms with Crippen LogP contribution in [-0.4, -0.2) is 21.9 Å². The molecule has 2 heteroatoms. The van der Waals surface area contributed by atoms with E-state index >= 15 is 0 Å². The van der Waals surface area contributed by atoms with E-state index in [0.717, 1.165) is 37.7 Å². The van der Waals surface area contributed by atoms with Crippen molar-refractivity contribution in [2.24, 2.45) is 17.3 Å². The molecule has 0 aliphatic heterocycles. The van der Waals surface area contributed by atoms with Gasteiger partial charge in [-0.15, -0.1) is 0 Å². The lowest BCUT2D eigenvalue weighted by molar-refractivity contribution is -0.0992. The maximum Gasteiger partial charge on any atom is 0.0750 e. The minimum absolute atomic E-state index is 0.247. The molecule has 0 aromatic rings. The largest absolute Gasteiger partial charge is 0.390 e. The van der Waals surface area contributed by atoms with Gasteiger partial charge in [-0.1, -0.05) is 27.4 Å². The van der Waals surface area contributed by atoms with Crippen LogP contribution in [0.2, 0.25) is 0 Å². The molecule has 0 heterocycles. The van der Waals surface area contributed by atoms with Gasteiger partial charge in [-0.05, 0) is 54.9 Å². The molecule has 2 aliphatic carbocycles. The summed E-state index contributed by atoms with van der Waals surface area (Å²) in [6.07, 6.45) is 4.26. The number of fused-ring (bicyclic) bond motifs is 1. The minimum Gasteiger partial charge on any atom is -0.390 e. The first-order valence-electron chi connectivity index (χ1n) is 6.88. The van der Waals surface area contributed by atoms with Crippen LogP contribution >= 0.6 is 0 Å². The smallest absolute Gasteiger partial charge is 0.0750 e. The highest BCUT2D eigenvalue weighted by Crippen LogP contribution is 2.55. The molecule has 0 bridgehead atoms. The summed E-state index contributed by atoms with van der Waals surface area (Å²) in [5.74, 6) is 0.561. The number of hydrogen-bond acceptors (Lipinski definition) is 2. The molecule has 2 N–H and O–H groups in total. The number of aliphatic hydroxyl groups excluding tert-OH is 1. The Morgan fingerprint density at radius 1 is 1.29 bits per heavy atom. The summed E-state index contributed by atoms with van der Waals surface area (Å²) in [7, 11) is 0. The minimum atomic E-state index is -0.565. The lowest BCUT2D eigenvalue weighted by atomic mass is 9.54. The molecule has 0 spiro atoms. The van der Waals surface area contributed by atoms with E-state index in [0.29, 0.717) is 0 Å². The van der Waals surface area contributed by atoms with E-state index in [9.17, 15) is 10.2 Å². The van der Waals surface area contributed by atoms with Gasteiger partial charge in [0, 0.05) is 0 Å². The Morgan fingerprint density at radius 2 is 1.94 bits per heavy atom. The van der Waals surface area contributed by atoms with Gasteiger partial charge < -0.3 is 10.2 Å². The maximum absolute atomic E-state index is 10.7. The first-order valence-corrected chi connectivity index (χ1v) is 6.88. The van der Waals surface area contributed by atoms with Crippen LogP contribution in [0.15, 0.2) is 12.2 Å². The predicted molar refractivity (Wildman–Crippen MR) is 69.6 cm³/mol. The number of rotatable bonds is 1. The van der Waals surface area contributed by atoms with Gasteiger partial charge >= 0.3 is 0 Å². The summed E-state index contributed by atoms with van der Waals surface area (Å²) in [6.45, 7) is 10.6. The second kappa shape index (κ2) is 4.10. The van der Waals surface area contributed by atoms with E-state index in [4.69, 9.17) is 0 Å². The van der Waals surface area contributed by atoms with Gasteiger partial charge in [0.25, 0.3) is 0 Å². The molecule has 0 radical (unpaired) electrons.